The molecule has 1 atom stereocenters. The summed E-state index contributed by atoms with van der Waals surface area (Å²) in [5.41, 5.74) is 5.21. The fraction of sp³-hybridized carbons (Fsp3) is 0.438. The van der Waals surface area contributed by atoms with Crippen molar-refractivity contribution in [2.24, 2.45) is 0 Å². The van der Waals surface area contributed by atoms with E-state index in [2.05, 4.69) is 61.0 Å². The first-order valence-electron chi connectivity index (χ1n) is 6.90. The van der Waals surface area contributed by atoms with Gasteiger partial charge in [-0.1, -0.05) is 30.7 Å². The van der Waals surface area contributed by atoms with Crippen molar-refractivity contribution in [3.8, 4) is 0 Å². The summed E-state index contributed by atoms with van der Waals surface area (Å²) in [7, 11) is 0. The van der Waals surface area contributed by atoms with Gasteiger partial charge < -0.3 is 5.32 Å². The van der Waals surface area contributed by atoms with Crippen molar-refractivity contribution in [3.05, 3.63) is 52.8 Å². The van der Waals surface area contributed by atoms with Gasteiger partial charge in [0, 0.05) is 11.9 Å². The van der Waals surface area contributed by atoms with E-state index in [1.54, 1.807) is 0 Å². The van der Waals surface area contributed by atoms with E-state index in [4.69, 9.17) is 0 Å². The van der Waals surface area contributed by atoms with Gasteiger partial charge >= 0.3 is 0 Å². The molecule has 3 heteroatoms. The third-order valence-electron chi connectivity index (χ3n) is 3.55. The highest BCUT2D eigenvalue weighted by molar-refractivity contribution is 5.33. The number of aromatic nitrogens is 2. The summed E-state index contributed by atoms with van der Waals surface area (Å²) in [5.74, 6) is 0. The molecule has 1 N–H and O–H groups in total. The number of nitrogens with one attached hydrogen (secondary N) is 1. The number of rotatable bonds is 5. The van der Waals surface area contributed by atoms with Crippen LogP contribution in [0.1, 0.15) is 35.3 Å². The van der Waals surface area contributed by atoms with Crippen LogP contribution in [0.25, 0.3) is 0 Å². The molecule has 0 amide bonds. The first-order chi connectivity index (χ1) is 9.11. The molecule has 0 aliphatic heterocycles. The van der Waals surface area contributed by atoms with E-state index < -0.39 is 0 Å². The minimum atomic E-state index is 0.309. The van der Waals surface area contributed by atoms with Crippen molar-refractivity contribution >= 4 is 0 Å². The highest BCUT2D eigenvalue weighted by Gasteiger charge is 2.14. The predicted molar refractivity (Wildman–Crippen MR) is 79.3 cm³/mol. The van der Waals surface area contributed by atoms with Gasteiger partial charge in [-0.05, 0) is 44.5 Å². The van der Waals surface area contributed by atoms with Gasteiger partial charge in [-0.15, -0.1) is 0 Å². The van der Waals surface area contributed by atoms with Gasteiger partial charge in [0.25, 0.3) is 0 Å². The molecule has 0 fully saturated rings. The standard InChI is InChI=1S/C16H23N3/c1-5-17-16(11-19-14(4)8-9-18-19)15-10-12(2)6-7-13(15)3/h6-10,16-17H,5,11H2,1-4H3. The zero-order chi connectivity index (χ0) is 13.8. The first-order valence-corrected chi connectivity index (χ1v) is 6.90. The van der Waals surface area contributed by atoms with Crippen LogP contribution in [-0.4, -0.2) is 16.3 Å². The maximum absolute atomic E-state index is 4.39. The van der Waals surface area contributed by atoms with E-state index in [0.29, 0.717) is 6.04 Å². The van der Waals surface area contributed by atoms with E-state index in [0.717, 1.165) is 13.1 Å². The molecule has 0 saturated carbocycles. The molecule has 2 rings (SSSR count). The molecule has 1 unspecified atom stereocenters. The molecule has 0 radical (unpaired) electrons. The molecule has 1 aromatic carbocycles. The molecule has 2 aromatic rings. The highest BCUT2D eigenvalue weighted by Crippen LogP contribution is 2.21. The Morgan fingerprint density at radius 1 is 1.21 bits per heavy atom. The van der Waals surface area contributed by atoms with Gasteiger partial charge in [0.05, 0.1) is 12.6 Å². The zero-order valence-electron chi connectivity index (χ0n) is 12.3. The van der Waals surface area contributed by atoms with Crippen molar-refractivity contribution in [1.29, 1.82) is 0 Å². The van der Waals surface area contributed by atoms with Crippen LogP contribution in [0.4, 0.5) is 0 Å². The molecule has 102 valence electrons. The number of benzene rings is 1. The molecule has 0 aliphatic rings. The monoisotopic (exact) mass is 257 g/mol. The second kappa shape index (κ2) is 6.02. The molecule has 0 bridgehead atoms. The van der Waals surface area contributed by atoms with Crippen LogP contribution in [0.3, 0.4) is 0 Å². The second-order valence-corrected chi connectivity index (χ2v) is 5.13. The predicted octanol–water partition coefficient (Wildman–Crippen LogP) is 3.16. The van der Waals surface area contributed by atoms with Gasteiger partial charge in [0.2, 0.25) is 0 Å². The lowest BCUT2D eigenvalue weighted by atomic mass is 9.98. The largest absolute Gasteiger partial charge is 0.309 e. The van der Waals surface area contributed by atoms with Gasteiger partial charge in [0.1, 0.15) is 0 Å². The summed E-state index contributed by atoms with van der Waals surface area (Å²) in [5, 5.41) is 7.96. The molecular formula is C16H23N3. The van der Waals surface area contributed by atoms with Crippen LogP contribution in [-0.2, 0) is 6.54 Å². The molecule has 0 aliphatic carbocycles. The lowest BCUT2D eigenvalue weighted by molar-refractivity contribution is 0.440. The Bertz CT molecular complexity index is 543. The van der Waals surface area contributed by atoms with E-state index >= 15 is 0 Å². The summed E-state index contributed by atoms with van der Waals surface area (Å²) in [6.45, 7) is 10.4. The topological polar surface area (TPSA) is 29.9 Å². The van der Waals surface area contributed by atoms with E-state index in [1.807, 2.05) is 12.3 Å². The van der Waals surface area contributed by atoms with Crippen LogP contribution in [0.15, 0.2) is 30.5 Å². The lowest BCUT2D eigenvalue weighted by Crippen LogP contribution is -2.27. The number of nitrogens with zero attached hydrogens (tertiary/aromatic N) is 2. The molecule has 19 heavy (non-hydrogen) atoms. The van der Waals surface area contributed by atoms with Crippen LogP contribution in [0.5, 0.6) is 0 Å². The number of likely N-dealkylation sites (N-methyl/N-ethyl adjacent to an activating group) is 1. The molecule has 1 aromatic heterocycles. The SMILES string of the molecule is CCNC(Cn1nccc1C)c1cc(C)ccc1C. The van der Waals surface area contributed by atoms with Gasteiger partial charge in [-0.2, -0.15) is 5.10 Å². The average Bonchev–Trinajstić information content (AvgIpc) is 2.78. The van der Waals surface area contributed by atoms with Crippen molar-refractivity contribution in [1.82, 2.24) is 15.1 Å². The van der Waals surface area contributed by atoms with Crippen molar-refractivity contribution in [3.63, 3.8) is 0 Å². The van der Waals surface area contributed by atoms with Crippen molar-refractivity contribution in [2.45, 2.75) is 40.3 Å². The third-order valence-corrected chi connectivity index (χ3v) is 3.55. The first kappa shape index (κ1) is 13.8. The summed E-state index contributed by atoms with van der Waals surface area (Å²) < 4.78 is 2.06. The Balaban J connectivity index is 2.29. The Hall–Kier alpha value is -1.61. The molecule has 3 nitrogen and oxygen atoms in total. The Morgan fingerprint density at radius 3 is 2.63 bits per heavy atom. The second-order valence-electron chi connectivity index (χ2n) is 5.13. The molecular weight excluding hydrogens is 234 g/mol. The summed E-state index contributed by atoms with van der Waals surface area (Å²) in [4.78, 5) is 0. The quantitative estimate of drug-likeness (QED) is 0.891. The van der Waals surface area contributed by atoms with Crippen LogP contribution < -0.4 is 5.32 Å². The summed E-state index contributed by atoms with van der Waals surface area (Å²) in [6, 6.07) is 9.00. The van der Waals surface area contributed by atoms with Crippen LogP contribution >= 0.6 is 0 Å². The highest BCUT2D eigenvalue weighted by atomic mass is 15.3. The average molecular weight is 257 g/mol. The van der Waals surface area contributed by atoms with E-state index in [9.17, 15) is 0 Å². The van der Waals surface area contributed by atoms with Gasteiger partial charge in [0.15, 0.2) is 0 Å². The molecule has 0 spiro atoms. The number of hydrogen-bond acceptors (Lipinski definition) is 2. The minimum Gasteiger partial charge on any atom is -0.309 e. The Kier molecular flexibility index (Phi) is 4.38. The zero-order valence-corrected chi connectivity index (χ0v) is 12.3. The third kappa shape index (κ3) is 3.24. The maximum atomic E-state index is 4.39. The maximum Gasteiger partial charge on any atom is 0.0607 e. The van der Waals surface area contributed by atoms with Crippen LogP contribution in [0.2, 0.25) is 0 Å². The molecule has 0 saturated heterocycles. The number of aryl methyl sites for hydroxylation is 3. The normalized spacial score (nSPS) is 12.6. The Labute approximate surface area is 115 Å². The fourth-order valence-electron chi connectivity index (χ4n) is 2.42. The van der Waals surface area contributed by atoms with Crippen LogP contribution in [0, 0.1) is 20.8 Å². The fourth-order valence-corrected chi connectivity index (χ4v) is 2.42. The molecule has 1 heterocycles. The van der Waals surface area contributed by atoms with Gasteiger partial charge in [-0.3, -0.25) is 4.68 Å². The van der Waals surface area contributed by atoms with E-state index in [1.165, 1.54) is 22.4 Å². The number of hydrogen-bond donors (Lipinski definition) is 1. The Morgan fingerprint density at radius 2 is 2.00 bits per heavy atom. The lowest BCUT2D eigenvalue weighted by Gasteiger charge is -2.21. The van der Waals surface area contributed by atoms with Crippen molar-refractivity contribution < 1.29 is 0 Å². The summed E-state index contributed by atoms with van der Waals surface area (Å²) >= 11 is 0. The smallest absolute Gasteiger partial charge is 0.0607 e. The minimum absolute atomic E-state index is 0.309. The van der Waals surface area contributed by atoms with E-state index in [-0.39, 0.29) is 0 Å². The van der Waals surface area contributed by atoms with Gasteiger partial charge in [-0.25, -0.2) is 0 Å². The summed E-state index contributed by atoms with van der Waals surface area (Å²) in [6.07, 6.45) is 1.86. The van der Waals surface area contributed by atoms with Crippen molar-refractivity contribution in [2.75, 3.05) is 6.54 Å².